The number of pyridine rings is 1. The van der Waals surface area contributed by atoms with Gasteiger partial charge >= 0.3 is 0 Å². The minimum absolute atomic E-state index is 0.0401. The first-order chi connectivity index (χ1) is 18.1. The van der Waals surface area contributed by atoms with Crippen LogP contribution in [0.3, 0.4) is 0 Å². The van der Waals surface area contributed by atoms with E-state index in [-0.39, 0.29) is 29.9 Å². The second-order valence-corrected chi connectivity index (χ2v) is 10.4. The van der Waals surface area contributed by atoms with Crippen LogP contribution < -0.4 is 11.1 Å². The lowest BCUT2D eigenvalue weighted by molar-refractivity contribution is -0.127. The zero-order valence-electron chi connectivity index (χ0n) is 21.9. The van der Waals surface area contributed by atoms with Gasteiger partial charge in [0.25, 0.3) is 0 Å². The molecule has 0 radical (unpaired) electrons. The van der Waals surface area contributed by atoms with Gasteiger partial charge in [0, 0.05) is 37.2 Å². The summed E-state index contributed by atoms with van der Waals surface area (Å²) in [5.41, 5.74) is 11.0. The summed E-state index contributed by atoms with van der Waals surface area (Å²) in [6.45, 7) is 6.52. The molecule has 0 aliphatic rings. The molecule has 2 aromatic carbocycles. The maximum absolute atomic E-state index is 12.7. The van der Waals surface area contributed by atoms with Crippen LogP contribution in [0.15, 0.2) is 79.1 Å². The van der Waals surface area contributed by atoms with Crippen LogP contribution in [0.2, 0.25) is 0 Å². The molecule has 0 spiro atoms. The summed E-state index contributed by atoms with van der Waals surface area (Å²) in [6, 6.07) is 19.7. The topological polar surface area (TPSA) is 123 Å². The van der Waals surface area contributed by atoms with Crippen molar-refractivity contribution >= 4 is 11.8 Å². The first-order valence-corrected chi connectivity index (χ1v) is 12.6. The van der Waals surface area contributed by atoms with Gasteiger partial charge in [-0.1, -0.05) is 45.0 Å². The Kier molecular flexibility index (Phi) is 7.90. The number of rotatable bonds is 9. The fourth-order valence-corrected chi connectivity index (χ4v) is 4.17. The summed E-state index contributed by atoms with van der Waals surface area (Å²) in [5.74, 6) is -0.781. The molecule has 0 fully saturated rings. The number of aryl methyl sites for hydroxylation is 1. The highest BCUT2D eigenvalue weighted by molar-refractivity contribution is 5.86. The van der Waals surface area contributed by atoms with Crippen LogP contribution in [-0.2, 0) is 27.8 Å². The van der Waals surface area contributed by atoms with Crippen LogP contribution in [0.25, 0.3) is 16.9 Å². The first kappa shape index (κ1) is 26.6. The summed E-state index contributed by atoms with van der Waals surface area (Å²) >= 11 is 0. The van der Waals surface area contributed by atoms with Gasteiger partial charge in [-0.15, -0.1) is 0 Å². The molecule has 8 heteroatoms. The summed E-state index contributed by atoms with van der Waals surface area (Å²) in [7, 11) is 0. The average Bonchev–Trinajstić information content (AvgIpc) is 3.33. The van der Waals surface area contributed by atoms with E-state index in [0.717, 1.165) is 28.2 Å². The number of aromatic nitrogens is 3. The van der Waals surface area contributed by atoms with Crippen molar-refractivity contribution in [2.75, 3.05) is 0 Å². The van der Waals surface area contributed by atoms with Crippen molar-refractivity contribution in [1.82, 2.24) is 20.1 Å². The molecular weight excluding hydrogens is 478 g/mol. The molecule has 1 atom stereocenters. The van der Waals surface area contributed by atoms with Crippen molar-refractivity contribution in [1.29, 1.82) is 0 Å². The van der Waals surface area contributed by atoms with Gasteiger partial charge in [0.1, 0.15) is 11.8 Å². The van der Waals surface area contributed by atoms with Crippen LogP contribution >= 0.6 is 0 Å². The predicted molar refractivity (Wildman–Crippen MR) is 147 cm³/mol. The third kappa shape index (κ3) is 6.64. The summed E-state index contributed by atoms with van der Waals surface area (Å²) in [4.78, 5) is 29.0. The van der Waals surface area contributed by atoms with Crippen molar-refractivity contribution in [3.63, 3.8) is 0 Å². The number of hydrogen-bond acceptors (Lipinski definition) is 5. The minimum Gasteiger partial charge on any atom is -0.508 e. The van der Waals surface area contributed by atoms with E-state index in [1.54, 1.807) is 24.5 Å². The number of carbonyl (C=O) groups excluding carboxylic acids is 2. The molecule has 2 aromatic heterocycles. The molecule has 4 rings (SSSR count). The highest BCUT2D eigenvalue weighted by Crippen LogP contribution is 2.27. The SMILES string of the molecule is CC(C)(C)c1ccc(-n2nc(CCC(=O)N[C@@H](Cc3ccc(O)cc3)C(N)=O)cc2-c2cccnc2)cc1. The Balaban J connectivity index is 1.50. The number of nitrogens with zero attached hydrogens (tertiary/aromatic N) is 3. The van der Waals surface area contributed by atoms with Crippen molar-refractivity contribution in [2.45, 2.75) is 51.5 Å². The number of nitrogens with one attached hydrogen (secondary N) is 1. The van der Waals surface area contributed by atoms with Crippen molar-refractivity contribution < 1.29 is 14.7 Å². The highest BCUT2D eigenvalue weighted by Gasteiger charge is 2.20. The number of carbonyl (C=O) groups is 2. The fraction of sp³-hybridized carbons (Fsp3) is 0.267. The zero-order chi connectivity index (χ0) is 27.3. The second kappa shape index (κ2) is 11.3. The Morgan fingerprint density at radius 1 is 1.05 bits per heavy atom. The van der Waals surface area contributed by atoms with E-state index in [9.17, 15) is 14.7 Å². The van der Waals surface area contributed by atoms with E-state index in [2.05, 4.69) is 43.2 Å². The van der Waals surface area contributed by atoms with E-state index in [1.165, 1.54) is 17.7 Å². The molecule has 0 aliphatic heterocycles. The quantitative estimate of drug-likeness (QED) is 0.312. The number of aromatic hydroxyl groups is 1. The average molecular weight is 512 g/mol. The summed E-state index contributed by atoms with van der Waals surface area (Å²) in [5, 5.41) is 17.0. The van der Waals surface area contributed by atoms with Crippen molar-refractivity contribution in [2.24, 2.45) is 5.73 Å². The number of benzene rings is 2. The smallest absolute Gasteiger partial charge is 0.240 e. The normalized spacial score (nSPS) is 12.2. The van der Waals surface area contributed by atoms with E-state index in [1.807, 2.05) is 35.0 Å². The number of hydrogen-bond donors (Lipinski definition) is 3. The zero-order valence-corrected chi connectivity index (χ0v) is 21.9. The van der Waals surface area contributed by atoms with Crippen LogP contribution in [0.4, 0.5) is 0 Å². The van der Waals surface area contributed by atoms with Crippen LogP contribution in [0, 0.1) is 0 Å². The third-order valence-corrected chi connectivity index (χ3v) is 6.36. The predicted octanol–water partition coefficient (Wildman–Crippen LogP) is 4.08. The molecule has 8 nitrogen and oxygen atoms in total. The van der Waals surface area contributed by atoms with E-state index in [0.29, 0.717) is 6.42 Å². The third-order valence-electron chi connectivity index (χ3n) is 6.36. The number of phenolic OH excluding ortho intramolecular Hbond substituents is 1. The van der Waals surface area contributed by atoms with Gasteiger partial charge in [-0.05, 0) is 59.0 Å². The molecule has 196 valence electrons. The number of nitrogens with two attached hydrogens (primary N) is 1. The second-order valence-electron chi connectivity index (χ2n) is 10.4. The Morgan fingerprint density at radius 3 is 2.37 bits per heavy atom. The van der Waals surface area contributed by atoms with Crippen molar-refractivity contribution in [3.8, 4) is 22.7 Å². The molecule has 0 unspecified atom stereocenters. The molecule has 2 amide bonds. The van der Waals surface area contributed by atoms with Gasteiger partial charge in [0.05, 0.1) is 17.1 Å². The molecule has 4 aromatic rings. The minimum atomic E-state index is -0.850. The van der Waals surface area contributed by atoms with Crippen LogP contribution in [0.5, 0.6) is 5.75 Å². The number of primary amides is 1. The van der Waals surface area contributed by atoms with E-state index >= 15 is 0 Å². The van der Waals surface area contributed by atoms with Gasteiger partial charge in [0.2, 0.25) is 11.8 Å². The van der Waals surface area contributed by atoms with Gasteiger partial charge in [-0.25, -0.2) is 4.68 Å². The Labute approximate surface area is 222 Å². The molecule has 0 bridgehead atoms. The lowest BCUT2D eigenvalue weighted by Crippen LogP contribution is -2.45. The standard InChI is InChI=1S/C30H33N5O3/c1-30(2,3)22-8-11-24(12-9-22)35-27(21-5-4-16-32-19-21)18-23(34-35)10-15-28(37)33-26(29(31)38)17-20-6-13-25(36)14-7-20/h4-9,11-14,16,18-19,26,36H,10,15,17H2,1-3H3,(H2,31,38)(H,33,37)/t26-/m0/s1. The maximum atomic E-state index is 12.7. The van der Waals surface area contributed by atoms with E-state index in [4.69, 9.17) is 10.8 Å². The molecule has 4 N–H and O–H groups in total. The van der Waals surface area contributed by atoms with Gasteiger partial charge < -0.3 is 16.2 Å². The fourth-order valence-electron chi connectivity index (χ4n) is 4.17. The van der Waals surface area contributed by atoms with Crippen LogP contribution in [0.1, 0.15) is 44.0 Å². The van der Waals surface area contributed by atoms with Gasteiger partial charge in [-0.3, -0.25) is 14.6 Å². The Morgan fingerprint density at radius 2 is 1.76 bits per heavy atom. The van der Waals surface area contributed by atoms with E-state index < -0.39 is 11.9 Å². The largest absolute Gasteiger partial charge is 0.508 e. The summed E-state index contributed by atoms with van der Waals surface area (Å²) < 4.78 is 1.87. The molecular formula is C30H33N5O3. The monoisotopic (exact) mass is 511 g/mol. The molecule has 0 aliphatic carbocycles. The number of phenols is 1. The molecule has 0 saturated heterocycles. The summed E-state index contributed by atoms with van der Waals surface area (Å²) in [6.07, 6.45) is 4.28. The van der Waals surface area contributed by atoms with Crippen molar-refractivity contribution in [3.05, 3.63) is 95.9 Å². The maximum Gasteiger partial charge on any atom is 0.240 e. The van der Waals surface area contributed by atoms with Gasteiger partial charge in [0.15, 0.2) is 0 Å². The first-order valence-electron chi connectivity index (χ1n) is 12.6. The molecule has 38 heavy (non-hydrogen) atoms. The van der Waals surface area contributed by atoms with Crippen LogP contribution in [-0.4, -0.2) is 37.7 Å². The molecule has 2 heterocycles. The number of amides is 2. The Bertz CT molecular complexity index is 1390. The lowest BCUT2D eigenvalue weighted by atomic mass is 9.87. The molecule has 0 saturated carbocycles. The van der Waals surface area contributed by atoms with Gasteiger partial charge in [-0.2, -0.15) is 5.10 Å². The lowest BCUT2D eigenvalue weighted by Gasteiger charge is -2.19. The highest BCUT2D eigenvalue weighted by atomic mass is 16.3. The Hall–Kier alpha value is -4.46.